The van der Waals surface area contributed by atoms with E-state index in [1.807, 2.05) is 30.3 Å². The minimum Gasteiger partial charge on any atom is -0.471 e. The van der Waals surface area contributed by atoms with Gasteiger partial charge in [-0.05, 0) is 30.3 Å². The van der Waals surface area contributed by atoms with E-state index < -0.39 is 0 Å². The van der Waals surface area contributed by atoms with Crippen LogP contribution in [-0.2, 0) is 13.3 Å². The number of aromatic nitrogens is 2. The molecule has 22 heavy (non-hydrogen) atoms. The SMILES string of the molecule is O=C(NCc1ccco1)c1ccn(COc2ccccc2)n1. The summed E-state index contributed by atoms with van der Waals surface area (Å²) in [6.07, 6.45) is 3.27. The van der Waals surface area contributed by atoms with Gasteiger partial charge in [-0.25, -0.2) is 4.68 Å². The van der Waals surface area contributed by atoms with Gasteiger partial charge in [-0.2, -0.15) is 5.10 Å². The van der Waals surface area contributed by atoms with Gasteiger partial charge < -0.3 is 14.5 Å². The van der Waals surface area contributed by atoms with Gasteiger partial charge >= 0.3 is 0 Å². The van der Waals surface area contributed by atoms with Gasteiger partial charge in [-0.3, -0.25) is 4.79 Å². The molecule has 0 bridgehead atoms. The number of carbonyl (C=O) groups excluding carboxylic acids is 1. The molecule has 2 aromatic heterocycles. The predicted molar refractivity (Wildman–Crippen MR) is 79.2 cm³/mol. The van der Waals surface area contributed by atoms with E-state index in [-0.39, 0.29) is 12.6 Å². The molecule has 2 heterocycles. The van der Waals surface area contributed by atoms with Crippen molar-refractivity contribution in [3.05, 3.63) is 72.4 Å². The third-order valence-electron chi connectivity index (χ3n) is 2.98. The highest BCUT2D eigenvalue weighted by Gasteiger charge is 2.09. The average molecular weight is 297 g/mol. The topological polar surface area (TPSA) is 69.3 Å². The van der Waals surface area contributed by atoms with Crippen LogP contribution in [0.4, 0.5) is 0 Å². The molecule has 0 fully saturated rings. The van der Waals surface area contributed by atoms with E-state index in [1.54, 1.807) is 35.3 Å². The number of hydrogen-bond acceptors (Lipinski definition) is 4. The van der Waals surface area contributed by atoms with Gasteiger partial charge in [-0.15, -0.1) is 0 Å². The van der Waals surface area contributed by atoms with Crippen LogP contribution < -0.4 is 10.1 Å². The monoisotopic (exact) mass is 297 g/mol. The highest BCUT2D eigenvalue weighted by molar-refractivity contribution is 5.92. The maximum Gasteiger partial charge on any atom is 0.272 e. The van der Waals surface area contributed by atoms with Crippen molar-refractivity contribution in [2.45, 2.75) is 13.3 Å². The van der Waals surface area contributed by atoms with Crippen LogP contribution in [0.2, 0.25) is 0 Å². The van der Waals surface area contributed by atoms with Crippen molar-refractivity contribution >= 4 is 5.91 Å². The summed E-state index contributed by atoms with van der Waals surface area (Å²) in [7, 11) is 0. The molecule has 0 radical (unpaired) electrons. The second kappa shape index (κ2) is 6.62. The molecule has 112 valence electrons. The minimum atomic E-state index is -0.255. The molecule has 0 unspecified atom stereocenters. The van der Waals surface area contributed by atoms with E-state index in [2.05, 4.69) is 10.4 Å². The number of para-hydroxylation sites is 1. The molecule has 0 aliphatic carbocycles. The summed E-state index contributed by atoms with van der Waals surface area (Å²) < 4.78 is 12.3. The largest absolute Gasteiger partial charge is 0.471 e. The lowest BCUT2D eigenvalue weighted by atomic mass is 10.3. The quantitative estimate of drug-likeness (QED) is 0.758. The summed E-state index contributed by atoms with van der Waals surface area (Å²) in [6.45, 7) is 0.578. The molecular weight excluding hydrogens is 282 g/mol. The first kappa shape index (κ1) is 13.9. The van der Waals surface area contributed by atoms with Gasteiger partial charge in [0.2, 0.25) is 0 Å². The maximum atomic E-state index is 12.0. The van der Waals surface area contributed by atoms with E-state index in [0.29, 0.717) is 18.0 Å². The van der Waals surface area contributed by atoms with E-state index in [4.69, 9.17) is 9.15 Å². The average Bonchev–Trinajstić information content (AvgIpc) is 3.23. The van der Waals surface area contributed by atoms with Crippen molar-refractivity contribution in [3.8, 4) is 5.75 Å². The summed E-state index contributed by atoms with van der Waals surface area (Å²) in [6, 6.07) is 14.6. The standard InChI is InChI=1S/C16H15N3O3/c20-16(17-11-14-7-4-10-21-14)15-8-9-19(18-15)12-22-13-5-2-1-3-6-13/h1-10H,11-12H2,(H,17,20). The molecule has 6 nitrogen and oxygen atoms in total. The number of hydrogen-bond donors (Lipinski definition) is 1. The lowest BCUT2D eigenvalue weighted by Gasteiger charge is -2.05. The zero-order valence-electron chi connectivity index (χ0n) is 11.8. The summed E-state index contributed by atoms with van der Waals surface area (Å²) in [5.41, 5.74) is 0.336. The van der Waals surface area contributed by atoms with Crippen LogP contribution in [0.5, 0.6) is 5.75 Å². The first-order chi connectivity index (χ1) is 10.8. The summed E-state index contributed by atoms with van der Waals surface area (Å²) in [5.74, 6) is 1.19. The number of furan rings is 1. The fraction of sp³-hybridized carbons (Fsp3) is 0.125. The molecule has 0 saturated carbocycles. The Hall–Kier alpha value is -3.02. The Morgan fingerprint density at radius 2 is 2.05 bits per heavy atom. The molecule has 0 atom stereocenters. The smallest absolute Gasteiger partial charge is 0.272 e. The van der Waals surface area contributed by atoms with Gasteiger partial charge in [0, 0.05) is 6.20 Å². The first-order valence-corrected chi connectivity index (χ1v) is 6.83. The van der Waals surface area contributed by atoms with E-state index in [0.717, 1.165) is 5.75 Å². The van der Waals surface area contributed by atoms with Crippen LogP contribution in [0.25, 0.3) is 0 Å². The number of nitrogens with zero attached hydrogens (tertiary/aromatic N) is 2. The Kier molecular flexibility index (Phi) is 4.20. The summed E-state index contributed by atoms with van der Waals surface area (Å²) in [4.78, 5) is 12.0. The Bertz CT molecular complexity index is 720. The molecule has 0 aliphatic heterocycles. The number of carbonyl (C=O) groups is 1. The van der Waals surface area contributed by atoms with Gasteiger partial charge in [0.05, 0.1) is 12.8 Å². The Labute approximate surface area is 127 Å². The van der Waals surface area contributed by atoms with Crippen molar-refractivity contribution in [3.63, 3.8) is 0 Å². The molecule has 3 rings (SSSR count). The molecule has 1 N–H and O–H groups in total. The fourth-order valence-corrected chi connectivity index (χ4v) is 1.88. The van der Waals surface area contributed by atoms with Gasteiger partial charge in [0.25, 0.3) is 5.91 Å². The second-order valence-corrected chi connectivity index (χ2v) is 4.59. The van der Waals surface area contributed by atoms with Crippen LogP contribution in [0, 0.1) is 0 Å². The third-order valence-corrected chi connectivity index (χ3v) is 2.98. The van der Waals surface area contributed by atoms with Gasteiger partial charge in [0.1, 0.15) is 17.2 Å². The Morgan fingerprint density at radius 3 is 2.82 bits per heavy atom. The fourth-order valence-electron chi connectivity index (χ4n) is 1.88. The molecule has 0 aliphatic rings. The number of ether oxygens (including phenoxy) is 1. The Balaban J connectivity index is 1.53. The lowest BCUT2D eigenvalue weighted by Crippen LogP contribution is -2.23. The van der Waals surface area contributed by atoms with E-state index >= 15 is 0 Å². The van der Waals surface area contributed by atoms with Gasteiger partial charge in [-0.1, -0.05) is 18.2 Å². The van der Waals surface area contributed by atoms with E-state index in [1.165, 1.54) is 0 Å². The van der Waals surface area contributed by atoms with Crippen LogP contribution in [0.1, 0.15) is 16.2 Å². The lowest BCUT2D eigenvalue weighted by molar-refractivity contribution is 0.0941. The van der Waals surface area contributed by atoms with Crippen molar-refractivity contribution in [1.29, 1.82) is 0 Å². The number of rotatable bonds is 6. The molecule has 3 aromatic rings. The van der Waals surface area contributed by atoms with E-state index in [9.17, 15) is 4.79 Å². The normalized spacial score (nSPS) is 10.4. The zero-order valence-corrected chi connectivity index (χ0v) is 11.8. The minimum absolute atomic E-state index is 0.246. The molecule has 0 saturated heterocycles. The van der Waals surface area contributed by atoms with Crippen molar-refractivity contribution in [2.24, 2.45) is 0 Å². The number of nitrogens with one attached hydrogen (secondary N) is 1. The highest BCUT2D eigenvalue weighted by atomic mass is 16.5. The van der Waals surface area contributed by atoms with Crippen molar-refractivity contribution in [2.75, 3.05) is 0 Å². The highest BCUT2D eigenvalue weighted by Crippen LogP contribution is 2.09. The van der Waals surface area contributed by atoms with Crippen molar-refractivity contribution < 1.29 is 13.9 Å². The first-order valence-electron chi connectivity index (χ1n) is 6.83. The number of benzene rings is 1. The predicted octanol–water partition coefficient (Wildman–Crippen LogP) is 2.44. The molecule has 1 aromatic carbocycles. The van der Waals surface area contributed by atoms with Crippen LogP contribution in [0.15, 0.2) is 65.4 Å². The molecular formula is C16H15N3O3. The summed E-state index contributed by atoms with van der Waals surface area (Å²) >= 11 is 0. The summed E-state index contributed by atoms with van der Waals surface area (Å²) in [5, 5.41) is 6.91. The molecule has 1 amide bonds. The molecule has 6 heteroatoms. The second-order valence-electron chi connectivity index (χ2n) is 4.59. The number of amides is 1. The zero-order chi connectivity index (χ0) is 15.2. The molecule has 0 spiro atoms. The van der Waals surface area contributed by atoms with Gasteiger partial charge in [0.15, 0.2) is 6.73 Å². The Morgan fingerprint density at radius 1 is 1.18 bits per heavy atom. The third kappa shape index (κ3) is 3.54. The van der Waals surface area contributed by atoms with Crippen molar-refractivity contribution in [1.82, 2.24) is 15.1 Å². The van der Waals surface area contributed by atoms with Crippen LogP contribution in [-0.4, -0.2) is 15.7 Å². The maximum absolute atomic E-state index is 12.0. The van der Waals surface area contributed by atoms with Crippen LogP contribution in [0.3, 0.4) is 0 Å². The van der Waals surface area contributed by atoms with Crippen LogP contribution >= 0.6 is 0 Å².